The number of thioether (sulfide) groups is 1. The highest BCUT2D eigenvalue weighted by atomic mass is 35.5. The summed E-state index contributed by atoms with van der Waals surface area (Å²) in [6.07, 6.45) is 5.16. The summed E-state index contributed by atoms with van der Waals surface area (Å²) < 4.78 is 1.72. The molecule has 2 heterocycles. The van der Waals surface area contributed by atoms with Gasteiger partial charge in [-0.2, -0.15) is 0 Å². The maximum absolute atomic E-state index is 12.3. The number of fused-ring (bicyclic) bond motifs is 1. The van der Waals surface area contributed by atoms with Crippen molar-refractivity contribution < 1.29 is 0 Å². The van der Waals surface area contributed by atoms with Crippen molar-refractivity contribution in [2.75, 3.05) is 5.75 Å². The molecule has 0 aliphatic rings. The molecule has 0 unspecified atom stereocenters. The van der Waals surface area contributed by atoms with Crippen LogP contribution in [0.25, 0.3) is 10.8 Å². The number of aromatic nitrogens is 2. The van der Waals surface area contributed by atoms with Gasteiger partial charge in [0.15, 0.2) is 0 Å². The lowest BCUT2D eigenvalue weighted by Crippen LogP contribution is -2.20. The summed E-state index contributed by atoms with van der Waals surface area (Å²) in [4.78, 5) is 17.4. The Morgan fingerprint density at radius 2 is 2.14 bits per heavy atom. The van der Waals surface area contributed by atoms with E-state index in [4.69, 9.17) is 11.6 Å². The van der Waals surface area contributed by atoms with E-state index in [1.807, 2.05) is 42.6 Å². The number of rotatable bonds is 4. The lowest BCUT2D eigenvalue weighted by molar-refractivity contribution is 0.742. The second-order valence-corrected chi connectivity index (χ2v) is 6.19. The van der Waals surface area contributed by atoms with E-state index >= 15 is 0 Å². The van der Waals surface area contributed by atoms with Crippen molar-refractivity contribution in [1.82, 2.24) is 9.55 Å². The van der Waals surface area contributed by atoms with Crippen LogP contribution in [-0.2, 0) is 6.54 Å². The van der Waals surface area contributed by atoms with Gasteiger partial charge in [0.25, 0.3) is 5.56 Å². The van der Waals surface area contributed by atoms with Crippen LogP contribution in [0, 0.1) is 0 Å². The van der Waals surface area contributed by atoms with Crippen molar-refractivity contribution in [2.24, 2.45) is 0 Å². The zero-order valence-electron chi connectivity index (χ0n) is 11.2. The highest BCUT2D eigenvalue weighted by Crippen LogP contribution is 2.21. The molecule has 0 atom stereocenters. The summed E-state index contributed by atoms with van der Waals surface area (Å²) in [5.74, 6) is 0.812. The van der Waals surface area contributed by atoms with Gasteiger partial charge in [0.2, 0.25) is 0 Å². The molecule has 0 fully saturated rings. The number of nitrogens with zero attached hydrogens (tertiary/aromatic N) is 2. The third-order valence-corrected chi connectivity index (χ3v) is 4.39. The number of halogens is 1. The first-order valence-electron chi connectivity index (χ1n) is 6.55. The van der Waals surface area contributed by atoms with Gasteiger partial charge in [-0.15, -0.1) is 11.8 Å². The molecule has 0 saturated carbocycles. The summed E-state index contributed by atoms with van der Waals surface area (Å²) >= 11 is 7.64. The van der Waals surface area contributed by atoms with Crippen LogP contribution in [0.15, 0.2) is 64.7 Å². The van der Waals surface area contributed by atoms with Crippen LogP contribution >= 0.6 is 23.4 Å². The SMILES string of the molecule is O=c1c2cnccc2ccn1CCSc1cccc(Cl)c1. The average Bonchev–Trinajstić information content (AvgIpc) is 2.50. The maximum Gasteiger partial charge on any atom is 0.260 e. The quantitative estimate of drug-likeness (QED) is 0.686. The molecule has 3 nitrogen and oxygen atoms in total. The molecule has 0 saturated heterocycles. The molecule has 5 heteroatoms. The lowest BCUT2D eigenvalue weighted by Gasteiger charge is -2.07. The van der Waals surface area contributed by atoms with Crippen molar-refractivity contribution in [2.45, 2.75) is 11.4 Å². The van der Waals surface area contributed by atoms with Crippen molar-refractivity contribution in [3.05, 3.63) is 70.4 Å². The molecule has 3 rings (SSSR count). The highest BCUT2D eigenvalue weighted by molar-refractivity contribution is 7.99. The van der Waals surface area contributed by atoms with Crippen molar-refractivity contribution in [3.8, 4) is 0 Å². The van der Waals surface area contributed by atoms with E-state index in [1.54, 1.807) is 28.7 Å². The van der Waals surface area contributed by atoms with Crippen molar-refractivity contribution >= 4 is 34.1 Å². The largest absolute Gasteiger partial charge is 0.314 e. The van der Waals surface area contributed by atoms with Gasteiger partial charge >= 0.3 is 0 Å². The van der Waals surface area contributed by atoms with Crippen LogP contribution in [0.1, 0.15) is 0 Å². The molecular weight excluding hydrogens is 304 g/mol. The fourth-order valence-corrected chi connectivity index (χ4v) is 3.28. The number of pyridine rings is 2. The minimum absolute atomic E-state index is 0.00675. The van der Waals surface area contributed by atoms with Crippen LogP contribution in [0.2, 0.25) is 5.02 Å². The second kappa shape index (κ2) is 6.33. The summed E-state index contributed by atoms with van der Waals surface area (Å²) in [6.45, 7) is 0.654. The Morgan fingerprint density at radius 1 is 1.24 bits per heavy atom. The Bertz CT molecular complexity index is 832. The third-order valence-electron chi connectivity index (χ3n) is 3.18. The zero-order chi connectivity index (χ0) is 14.7. The summed E-state index contributed by atoms with van der Waals surface area (Å²) in [5, 5.41) is 2.32. The van der Waals surface area contributed by atoms with Gasteiger partial charge in [-0.05, 0) is 35.7 Å². The molecule has 3 aromatic rings. The maximum atomic E-state index is 12.3. The topological polar surface area (TPSA) is 34.9 Å². The van der Waals surface area contributed by atoms with Crippen LogP contribution in [0.5, 0.6) is 0 Å². The van der Waals surface area contributed by atoms with E-state index in [2.05, 4.69) is 4.98 Å². The molecule has 0 N–H and O–H groups in total. The lowest BCUT2D eigenvalue weighted by atomic mass is 10.2. The monoisotopic (exact) mass is 316 g/mol. The zero-order valence-corrected chi connectivity index (χ0v) is 12.8. The summed E-state index contributed by atoms with van der Waals surface area (Å²) in [7, 11) is 0. The Kier molecular flexibility index (Phi) is 4.27. The third kappa shape index (κ3) is 3.28. The smallest absolute Gasteiger partial charge is 0.260 e. The van der Waals surface area contributed by atoms with Gasteiger partial charge in [0.05, 0.1) is 5.39 Å². The number of aryl methyl sites for hydroxylation is 1. The molecular formula is C16H13ClN2OS. The van der Waals surface area contributed by atoms with Crippen LogP contribution in [-0.4, -0.2) is 15.3 Å². The van der Waals surface area contributed by atoms with E-state index in [-0.39, 0.29) is 5.56 Å². The molecule has 21 heavy (non-hydrogen) atoms. The fraction of sp³-hybridized carbons (Fsp3) is 0.125. The second-order valence-electron chi connectivity index (χ2n) is 4.58. The van der Waals surface area contributed by atoms with E-state index in [9.17, 15) is 4.79 Å². The Hall–Kier alpha value is -1.78. The van der Waals surface area contributed by atoms with Crippen LogP contribution in [0.3, 0.4) is 0 Å². The first kappa shape index (κ1) is 14.2. The molecule has 0 spiro atoms. The Labute approximate surface area is 131 Å². The van der Waals surface area contributed by atoms with Gasteiger partial charge in [0, 0.05) is 40.8 Å². The van der Waals surface area contributed by atoms with Crippen molar-refractivity contribution in [1.29, 1.82) is 0 Å². The molecule has 0 bridgehead atoms. The molecule has 0 aliphatic carbocycles. The Balaban J connectivity index is 1.74. The van der Waals surface area contributed by atoms with Gasteiger partial charge in [-0.25, -0.2) is 0 Å². The predicted molar refractivity (Wildman–Crippen MR) is 88.2 cm³/mol. The van der Waals surface area contributed by atoms with Crippen molar-refractivity contribution in [3.63, 3.8) is 0 Å². The normalized spacial score (nSPS) is 10.9. The van der Waals surface area contributed by atoms with E-state index in [0.717, 1.165) is 21.1 Å². The minimum Gasteiger partial charge on any atom is -0.314 e. The standard InChI is InChI=1S/C16H13ClN2OS/c17-13-2-1-3-14(10-13)21-9-8-19-7-5-12-4-6-18-11-15(12)16(19)20/h1-7,10-11H,8-9H2. The minimum atomic E-state index is 0.00675. The molecule has 106 valence electrons. The number of benzene rings is 1. The van der Waals surface area contributed by atoms with Crippen LogP contribution < -0.4 is 5.56 Å². The van der Waals surface area contributed by atoms with Gasteiger partial charge in [0.1, 0.15) is 0 Å². The van der Waals surface area contributed by atoms with Gasteiger partial charge in [-0.1, -0.05) is 17.7 Å². The molecule has 0 aliphatic heterocycles. The Morgan fingerprint density at radius 3 is 3.00 bits per heavy atom. The summed E-state index contributed by atoms with van der Waals surface area (Å²) in [5.41, 5.74) is 0.00675. The van der Waals surface area contributed by atoms with E-state index in [1.165, 1.54) is 0 Å². The van der Waals surface area contributed by atoms with E-state index in [0.29, 0.717) is 11.9 Å². The van der Waals surface area contributed by atoms with Gasteiger partial charge in [-0.3, -0.25) is 9.78 Å². The average molecular weight is 317 g/mol. The predicted octanol–water partition coefficient (Wildman–Crippen LogP) is 3.84. The number of hydrogen-bond donors (Lipinski definition) is 0. The fourth-order valence-electron chi connectivity index (χ4n) is 2.12. The first-order chi connectivity index (χ1) is 10.2. The molecule has 0 amide bonds. The molecule has 0 radical (unpaired) electrons. The van der Waals surface area contributed by atoms with Gasteiger partial charge < -0.3 is 4.57 Å². The highest BCUT2D eigenvalue weighted by Gasteiger charge is 2.03. The number of hydrogen-bond acceptors (Lipinski definition) is 3. The first-order valence-corrected chi connectivity index (χ1v) is 7.92. The van der Waals surface area contributed by atoms with E-state index < -0.39 is 0 Å². The van der Waals surface area contributed by atoms with Crippen LogP contribution in [0.4, 0.5) is 0 Å². The molecule has 1 aromatic carbocycles. The molecule has 2 aromatic heterocycles. The summed E-state index contributed by atoms with van der Waals surface area (Å²) in [6, 6.07) is 11.5.